The zero-order valence-electron chi connectivity index (χ0n) is 11.7. The number of imidazole rings is 1. The lowest BCUT2D eigenvalue weighted by Gasteiger charge is -2.27. The fourth-order valence-corrected chi connectivity index (χ4v) is 2.62. The Morgan fingerprint density at radius 1 is 1.58 bits per heavy atom. The van der Waals surface area contributed by atoms with Crippen molar-refractivity contribution in [2.75, 3.05) is 6.54 Å². The van der Waals surface area contributed by atoms with Crippen LogP contribution in [0.5, 0.6) is 0 Å². The van der Waals surface area contributed by atoms with Gasteiger partial charge in [0, 0.05) is 6.54 Å². The number of aromatic nitrogens is 2. The molecule has 0 radical (unpaired) electrons. The zero-order chi connectivity index (χ0) is 14.2. The molecular formula is C13H20BrN3O2. The predicted molar refractivity (Wildman–Crippen MR) is 75.7 cm³/mol. The summed E-state index contributed by atoms with van der Waals surface area (Å²) in [6.45, 7) is 8.47. The van der Waals surface area contributed by atoms with E-state index in [0.29, 0.717) is 12.5 Å². The van der Waals surface area contributed by atoms with Gasteiger partial charge < -0.3 is 9.72 Å². The van der Waals surface area contributed by atoms with Crippen molar-refractivity contribution in [3.63, 3.8) is 0 Å². The van der Waals surface area contributed by atoms with Gasteiger partial charge in [0.1, 0.15) is 16.0 Å². The van der Waals surface area contributed by atoms with Crippen LogP contribution in [-0.2, 0) is 4.74 Å². The largest absolute Gasteiger partial charge is 0.444 e. The summed E-state index contributed by atoms with van der Waals surface area (Å²) in [6, 6.07) is -0.0313. The number of carbonyl (C=O) groups excluding carboxylic acids is 1. The molecule has 1 saturated heterocycles. The molecule has 5 nitrogen and oxygen atoms in total. The van der Waals surface area contributed by atoms with Gasteiger partial charge in [0.25, 0.3) is 0 Å². The van der Waals surface area contributed by atoms with Crippen molar-refractivity contribution < 1.29 is 9.53 Å². The molecule has 0 spiro atoms. The van der Waals surface area contributed by atoms with Crippen LogP contribution in [0.4, 0.5) is 4.79 Å². The van der Waals surface area contributed by atoms with Gasteiger partial charge >= 0.3 is 6.09 Å². The number of rotatable bonds is 1. The van der Waals surface area contributed by atoms with E-state index in [1.165, 1.54) is 0 Å². The average molecular weight is 330 g/mol. The van der Waals surface area contributed by atoms with Crippen molar-refractivity contribution in [2.45, 2.75) is 45.8 Å². The van der Waals surface area contributed by atoms with E-state index in [1.54, 1.807) is 11.1 Å². The summed E-state index contributed by atoms with van der Waals surface area (Å²) in [5, 5.41) is 0. The molecule has 1 aromatic heterocycles. The molecular weight excluding hydrogens is 310 g/mol. The first-order chi connectivity index (χ1) is 8.76. The van der Waals surface area contributed by atoms with E-state index in [9.17, 15) is 4.79 Å². The minimum absolute atomic E-state index is 0.0313. The summed E-state index contributed by atoms with van der Waals surface area (Å²) in [6.07, 6.45) is 2.35. The maximum Gasteiger partial charge on any atom is 0.410 e. The summed E-state index contributed by atoms with van der Waals surface area (Å²) in [5.41, 5.74) is -0.475. The van der Waals surface area contributed by atoms with Crippen LogP contribution in [-0.4, -0.2) is 33.1 Å². The SMILES string of the molecule is CC1C[C@@H](c2ncc(Br)[nH]2)N(C(=O)OC(C)(C)C)C1. The van der Waals surface area contributed by atoms with Crippen LogP contribution < -0.4 is 0 Å². The smallest absolute Gasteiger partial charge is 0.410 e. The molecule has 1 unspecified atom stereocenters. The average Bonchev–Trinajstić information content (AvgIpc) is 2.81. The highest BCUT2D eigenvalue weighted by atomic mass is 79.9. The first-order valence-corrected chi connectivity index (χ1v) is 7.25. The number of ether oxygens (including phenoxy) is 1. The van der Waals surface area contributed by atoms with E-state index in [4.69, 9.17) is 4.74 Å². The quantitative estimate of drug-likeness (QED) is 0.857. The number of nitrogens with one attached hydrogen (secondary N) is 1. The number of amides is 1. The van der Waals surface area contributed by atoms with Crippen molar-refractivity contribution >= 4 is 22.0 Å². The molecule has 0 saturated carbocycles. The highest BCUT2D eigenvalue weighted by Gasteiger charge is 2.38. The second kappa shape index (κ2) is 5.15. The molecule has 1 aliphatic heterocycles. The Labute approximate surface area is 121 Å². The number of hydrogen-bond donors (Lipinski definition) is 1. The van der Waals surface area contributed by atoms with Gasteiger partial charge in [0.2, 0.25) is 0 Å². The number of carbonyl (C=O) groups is 1. The Morgan fingerprint density at radius 3 is 2.79 bits per heavy atom. The molecule has 0 bridgehead atoms. The third-order valence-corrected chi connectivity index (χ3v) is 3.42. The molecule has 1 amide bonds. The maximum absolute atomic E-state index is 12.2. The molecule has 1 N–H and O–H groups in total. The Balaban J connectivity index is 2.16. The van der Waals surface area contributed by atoms with Crippen molar-refractivity contribution in [3.05, 3.63) is 16.6 Å². The molecule has 1 aromatic rings. The lowest BCUT2D eigenvalue weighted by atomic mass is 10.1. The van der Waals surface area contributed by atoms with Gasteiger partial charge in [-0.25, -0.2) is 9.78 Å². The van der Waals surface area contributed by atoms with Gasteiger partial charge in [-0.3, -0.25) is 4.90 Å². The van der Waals surface area contributed by atoms with Gasteiger partial charge in [-0.1, -0.05) is 6.92 Å². The summed E-state index contributed by atoms with van der Waals surface area (Å²) in [5.74, 6) is 1.25. The molecule has 0 aliphatic carbocycles. The van der Waals surface area contributed by atoms with Crippen molar-refractivity contribution in [1.82, 2.24) is 14.9 Å². The molecule has 1 fully saturated rings. The van der Waals surface area contributed by atoms with Crippen molar-refractivity contribution in [3.8, 4) is 0 Å². The number of hydrogen-bond acceptors (Lipinski definition) is 3. The van der Waals surface area contributed by atoms with Gasteiger partial charge in [-0.2, -0.15) is 0 Å². The van der Waals surface area contributed by atoms with Crippen LogP contribution in [0.15, 0.2) is 10.8 Å². The number of likely N-dealkylation sites (tertiary alicyclic amines) is 1. The summed E-state index contributed by atoms with van der Waals surface area (Å²) in [7, 11) is 0. The number of aromatic amines is 1. The summed E-state index contributed by atoms with van der Waals surface area (Å²) in [4.78, 5) is 21.5. The minimum atomic E-state index is -0.475. The maximum atomic E-state index is 12.2. The molecule has 0 aromatic carbocycles. The Morgan fingerprint density at radius 2 is 2.26 bits per heavy atom. The predicted octanol–water partition coefficient (Wildman–Crippen LogP) is 3.49. The molecule has 2 heterocycles. The van der Waals surface area contributed by atoms with Crippen LogP contribution in [0.1, 0.15) is 46.0 Å². The highest BCUT2D eigenvalue weighted by molar-refractivity contribution is 9.10. The number of nitrogens with zero attached hydrogens (tertiary/aromatic N) is 2. The summed E-state index contributed by atoms with van der Waals surface area (Å²) < 4.78 is 6.29. The third-order valence-electron chi connectivity index (χ3n) is 3.02. The zero-order valence-corrected chi connectivity index (χ0v) is 13.3. The minimum Gasteiger partial charge on any atom is -0.444 e. The fourth-order valence-electron chi connectivity index (χ4n) is 2.31. The molecule has 1 aliphatic rings. The van der Waals surface area contributed by atoms with Crippen LogP contribution >= 0.6 is 15.9 Å². The van der Waals surface area contributed by atoms with E-state index in [-0.39, 0.29) is 12.1 Å². The Kier molecular flexibility index (Phi) is 3.90. The van der Waals surface area contributed by atoms with Gasteiger partial charge in [0.05, 0.1) is 12.2 Å². The van der Waals surface area contributed by atoms with E-state index < -0.39 is 5.60 Å². The standard InChI is InChI=1S/C13H20BrN3O2/c1-8-5-9(11-15-6-10(14)16-11)17(7-8)12(18)19-13(2,3)4/h6,8-9H,5,7H2,1-4H3,(H,15,16)/t8?,9-/m0/s1. The van der Waals surface area contributed by atoms with Crippen LogP contribution in [0.25, 0.3) is 0 Å². The van der Waals surface area contributed by atoms with Crippen LogP contribution in [0, 0.1) is 5.92 Å². The van der Waals surface area contributed by atoms with Crippen molar-refractivity contribution in [2.24, 2.45) is 5.92 Å². The van der Waals surface area contributed by atoms with Gasteiger partial charge in [-0.05, 0) is 49.0 Å². The number of halogens is 1. The highest BCUT2D eigenvalue weighted by Crippen LogP contribution is 2.35. The number of H-pyrrole nitrogens is 1. The monoisotopic (exact) mass is 329 g/mol. The Bertz CT molecular complexity index is 467. The third kappa shape index (κ3) is 3.49. The molecule has 2 rings (SSSR count). The normalized spacial score (nSPS) is 23.7. The Hall–Kier alpha value is -1.04. The van der Waals surface area contributed by atoms with E-state index in [0.717, 1.165) is 16.8 Å². The fraction of sp³-hybridized carbons (Fsp3) is 0.692. The van der Waals surface area contributed by atoms with Crippen molar-refractivity contribution in [1.29, 1.82) is 0 Å². The van der Waals surface area contributed by atoms with Crippen LogP contribution in [0.3, 0.4) is 0 Å². The van der Waals surface area contributed by atoms with E-state index in [2.05, 4.69) is 32.8 Å². The van der Waals surface area contributed by atoms with E-state index >= 15 is 0 Å². The van der Waals surface area contributed by atoms with Gasteiger partial charge in [-0.15, -0.1) is 0 Å². The molecule has 2 atom stereocenters. The first-order valence-electron chi connectivity index (χ1n) is 6.46. The van der Waals surface area contributed by atoms with Crippen LogP contribution in [0.2, 0.25) is 0 Å². The summed E-state index contributed by atoms with van der Waals surface area (Å²) >= 11 is 3.35. The molecule has 106 valence electrons. The molecule has 6 heteroatoms. The van der Waals surface area contributed by atoms with Gasteiger partial charge in [0.15, 0.2) is 0 Å². The second-order valence-corrected chi connectivity index (χ2v) is 6.96. The molecule has 19 heavy (non-hydrogen) atoms. The van der Waals surface area contributed by atoms with E-state index in [1.807, 2.05) is 20.8 Å². The lowest BCUT2D eigenvalue weighted by molar-refractivity contribution is 0.0214. The lowest BCUT2D eigenvalue weighted by Crippen LogP contribution is -2.37. The topological polar surface area (TPSA) is 58.2 Å². The first kappa shape index (κ1) is 14.4. The second-order valence-electron chi connectivity index (χ2n) is 6.11.